The fraction of sp³-hybridized carbons (Fsp3) is 0.533. The van der Waals surface area contributed by atoms with Crippen LogP contribution in [0.25, 0.3) is 0 Å². The van der Waals surface area contributed by atoms with E-state index >= 15 is 0 Å². The Morgan fingerprint density at radius 2 is 2.29 bits per heavy atom. The molecule has 6 nitrogen and oxygen atoms in total. The molecular formula is C15H21N3O3. The third-order valence-electron chi connectivity index (χ3n) is 4.49. The van der Waals surface area contributed by atoms with Crippen molar-refractivity contribution in [2.45, 2.75) is 24.0 Å². The molecule has 0 saturated carbocycles. The summed E-state index contributed by atoms with van der Waals surface area (Å²) in [6, 6.07) is 5.61. The molecule has 1 amide bonds. The number of carbonyl (C=O) groups is 1. The minimum atomic E-state index is -1.04. The van der Waals surface area contributed by atoms with Crippen molar-refractivity contribution in [2.75, 3.05) is 26.7 Å². The Kier molecular flexibility index (Phi) is 3.39. The van der Waals surface area contributed by atoms with Gasteiger partial charge in [-0.1, -0.05) is 12.1 Å². The predicted octanol–water partition coefficient (Wildman–Crippen LogP) is -0.754. The molecule has 6 heteroatoms. The lowest BCUT2D eigenvalue weighted by molar-refractivity contribution is -0.128. The predicted molar refractivity (Wildman–Crippen MR) is 78.0 cm³/mol. The molecule has 0 radical (unpaired) electrons. The van der Waals surface area contributed by atoms with Gasteiger partial charge in [-0.05, 0) is 30.0 Å². The lowest BCUT2D eigenvalue weighted by Gasteiger charge is -2.38. The average molecular weight is 291 g/mol. The van der Waals surface area contributed by atoms with E-state index in [1.54, 1.807) is 7.11 Å². The second kappa shape index (κ2) is 4.98. The summed E-state index contributed by atoms with van der Waals surface area (Å²) >= 11 is 0. The van der Waals surface area contributed by atoms with Crippen LogP contribution in [0.3, 0.4) is 0 Å². The van der Waals surface area contributed by atoms with E-state index < -0.39 is 11.1 Å². The van der Waals surface area contributed by atoms with Gasteiger partial charge in [-0.2, -0.15) is 0 Å². The molecule has 1 aliphatic carbocycles. The number of hydrogen-bond acceptors (Lipinski definition) is 5. The second-order valence-electron chi connectivity index (χ2n) is 5.97. The quantitative estimate of drug-likeness (QED) is 0.585. The monoisotopic (exact) mass is 291 g/mol. The van der Waals surface area contributed by atoms with Crippen LogP contribution in [0.15, 0.2) is 18.2 Å². The van der Waals surface area contributed by atoms with Crippen LogP contribution in [0, 0.1) is 0 Å². The number of methoxy groups -OCH3 is 1. The fourth-order valence-electron chi connectivity index (χ4n) is 3.07. The van der Waals surface area contributed by atoms with Gasteiger partial charge in [0.05, 0.1) is 7.11 Å². The molecule has 1 heterocycles. The molecule has 1 saturated heterocycles. The molecule has 1 fully saturated rings. The van der Waals surface area contributed by atoms with Gasteiger partial charge in [-0.15, -0.1) is 0 Å². The minimum Gasteiger partial charge on any atom is -0.496 e. The molecule has 1 aromatic carbocycles. The number of hydrogen-bond donors (Lipinski definition) is 4. The Morgan fingerprint density at radius 3 is 2.90 bits per heavy atom. The van der Waals surface area contributed by atoms with Crippen molar-refractivity contribution in [3.05, 3.63) is 29.3 Å². The van der Waals surface area contributed by atoms with E-state index in [0.29, 0.717) is 19.5 Å². The van der Waals surface area contributed by atoms with Gasteiger partial charge in [0.1, 0.15) is 16.9 Å². The Bertz CT molecular complexity index is 571. The summed E-state index contributed by atoms with van der Waals surface area (Å²) < 4.78 is 5.34. The number of benzene rings is 1. The number of aliphatic hydroxyl groups is 1. The molecule has 1 unspecified atom stereocenters. The maximum absolute atomic E-state index is 12.5. The highest BCUT2D eigenvalue weighted by Gasteiger charge is 2.44. The molecule has 21 heavy (non-hydrogen) atoms. The first kappa shape index (κ1) is 14.3. The van der Waals surface area contributed by atoms with Crippen molar-refractivity contribution in [3.8, 4) is 5.75 Å². The summed E-state index contributed by atoms with van der Waals surface area (Å²) in [4.78, 5) is 12.5. The van der Waals surface area contributed by atoms with Crippen molar-refractivity contribution < 1.29 is 14.6 Å². The van der Waals surface area contributed by atoms with Gasteiger partial charge < -0.3 is 26.2 Å². The standard InChI is InChI=1S/C15H21N3O3/c1-21-12-4-2-3-11-10(12)5-6-15(11,16)13(19)18-9-14(20)7-17-8-14/h2-4,17,20H,5-9,16H2,1H3,(H,18,19). The summed E-state index contributed by atoms with van der Waals surface area (Å²) in [5.74, 6) is 0.532. The van der Waals surface area contributed by atoms with E-state index in [1.807, 2.05) is 18.2 Å². The van der Waals surface area contributed by atoms with Crippen LogP contribution in [0.4, 0.5) is 0 Å². The zero-order valence-corrected chi connectivity index (χ0v) is 12.1. The molecule has 1 atom stereocenters. The first-order valence-electron chi connectivity index (χ1n) is 7.15. The summed E-state index contributed by atoms with van der Waals surface area (Å²) in [5, 5.41) is 15.8. The van der Waals surface area contributed by atoms with Crippen LogP contribution in [0.5, 0.6) is 5.75 Å². The molecule has 0 aromatic heterocycles. The van der Waals surface area contributed by atoms with Gasteiger partial charge >= 0.3 is 0 Å². The molecular weight excluding hydrogens is 270 g/mol. The van der Waals surface area contributed by atoms with E-state index in [2.05, 4.69) is 10.6 Å². The Hall–Kier alpha value is -1.63. The number of ether oxygens (including phenoxy) is 1. The normalized spacial score (nSPS) is 25.9. The maximum Gasteiger partial charge on any atom is 0.244 e. The zero-order chi connectivity index (χ0) is 15.1. The van der Waals surface area contributed by atoms with Gasteiger partial charge in [0.25, 0.3) is 0 Å². The lowest BCUT2D eigenvalue weighted by atomic mass is 9.90. The molecule has 2 aliphatic rings. The first-order valence-corrected chi connectivity index (χ1v) is 7.15. The highest BCUT2D eigenvalue weighted by atomic mass is 16.5. The Balaban J connectivity index is 1.78. The topological polar surface area (TPSA) is 96.6 Å². The largest absolute Gasteiger partial charge is 0.496 e. The van der Waals surface area contributed by atoms with Crippen LogP contribution in [-0.2, 0) is 16.8 Å². The maximum atomic E-state index is 12.5. The highest BCUT2D eigenvalue weighted by molar-refractivity contribution is 5.89. The van der Waals surface area contributed by atoms with Gasteiger partial charge in [0.15, 0.2) is 0 Å². The number of fused-ring (bicyclic) bond motifs is 1. The summed E-state index contributed by atoms with van der Waals surface area (Å²) in [5.41, 5.74) is 6.29. The summed E-state index contributed by atoms with van der Waals surface area (Å²) in [6.07, 6.45) is 1.26. The van der Waals surface area contributed by atoms with Gasteiger partial charge in [-0.3, -0.25) is 4.79 Å². The molecule has 0 bridgehead atoms. The van der Waals surface area contributed by atoms with Crippen LogP contribution in [-0.4, -0.2) is 43.4 Å². The number of nitrogens with one attached hydrogen (secondary N) is 2. The number of rotatable bonds is 4. The number of amides is 1. The van der Waals surface area contributed by atoms with Crippen molar-refractivity contribution in [3.63, 3.8) is 0 Å². The van der Waals surface area contributed by atoms with E-state index in [4.69, 9.17) is 10.5 Å². The van der Waals surface area contributed by atoms with E-state index in [0.717, 1.165) is 23.3 Å². The van der Waals surface area contributed by atoms with Crippen molar-refractivity contribution >= 4 is 5.91 Å². The molecule has 1 aromatic rings. The minimum absolute atomic E-state index is 0.219. The van der Waals surface area contributed by atoms with Gasteiger partial charge in [0, 0.05) is 19.6 Å². The van der Waals surface area contributed by atoms with E-state index in [-0.39, 0.29) is 12.5 Å². The molecule has 0 spiro atoms. The van der Waals surface area contributed by atoms with Crippen molar-refractivity contribution in [1.82, 2.24) is 10.6 Å². The number of carbonyl (C=O) groups excluding carboxylic acids is 1. The third kappa shape index (κ3) is 2.29. The smallest absolute Gasteiger partial charge is 0.244 e. The molecule has 5 N–H and O–H groups in total. The van der Waals surface area contributed by atoms with Gasteiger partial charge in [0.2, 0.25) is 5.91 Å². The average Bonchev–Trinajstić information content (AvgIpc) is 2.81. The van der Waals surface area contributed by atoms with Crippen molar-refractivity contribution in [1.29, 1.82) is 0 Å². The van der Waals surface area contributed by atoms with Crippen LogP contribution >= 0.6 is 0 Å². The zero-order valence-electron chi connectivity index (χ0n) is 12.1. The Morgan fingerprint density at radius 1 is 1.52 bits per heavy atom. The molecule has 3 rings (SSSR count). The van der Waals surface area contributed by atoms with Crippen molar-refractivity contribution in [2.24, 2.45) is 5.73 Å². The van der Waals surface area contributed by atoms with Crippen LogP contribution in [0.1, 0.15) is 17.5 Å². The summed E-state index contributed by atoms with van der Waals surface area (Å²) in [6.45, 7) is 1.21. The lowest BCUT2D eigenvalue weighted by Crippen LogP contribution is -2.65. The number of nitrogens with two attached hydrogens (primary N) is 1. The third-order valence-corrected chi connectivity index (χ3v) is 4.49. The van der Waals surface area contributed by atoms with Gasteiger partial charge in [-0.25, -0.2) is 0 Å². The van der Waals surface area contributed by atoms with Crippen LogP contribution < -0.4 is 21.1 Å². The summed E-state index contributed by atoms with van der Waals surface area (Å²) in [7, 11) is 1.62. The van der Waals surface area contributed by atoms with E-state index in [1.165, 1.54) is 0 Å². The molecule has 1 aliphatic heterocycles. The number of β-amino-alcohol motifs (C(OH)–C–C–N with tert-alkyl or cyclic N) is 1. The van der Waals surface area contributed by atoms with Crippen LogP contribution in [0.2, 0.25) is 0 Å². The highest BCUT2D eigenvalue weighted by Crippen LogP contribution is 2.39. The first-order chi connectivity index (χ1) is 9.98. The van der Waals surface area contributed by atoms with E-state index in [9.17, 15) is 9.90 Å². The Labute approximate surface area is 123 Å². The molecule has 114 valence electrons. The second-order valence-corrected chi connectivity index (χ2v) is 5.97. The SMILES string of the molecule is COc1cccc2c1CCC2(N)C(=O)NCC1(O)CNC1. The fourth-order valence-corrected chi connectivity index (χ4v) is 3.07.